The van der Waals surface area contributed by atoms with Crippen molar-refractivity contribution in [3.05, 3.63) is 130 Å². The Balaban J connectivity index is 1.37. The smallest absolute Gasteiger partial charge is 0.127 e. The highest BCUT2D eigenvalue weighted by Gasteiger charge is 2.02. The van der Waals surface area contributed by atoms with Crippen molar-refractivity contribution >= 4 is 0 Å². The fourth-order valence-corrected chi connectivity index (χ4v) is 3.60. The van der Waals surface area contributed by atoms with Gasteiger partial charge in [0.15, 0.2) is 0 Å². The molecular weight excluding hydrogens is 352 g/mol. The number of hydrogen-bond acceptors (Lipinski definition) is 1. The summed E-state index contributed by atoms with van der Waals surface area (Å²) in [6, 6.07) is 34.1. The molecule has 29 heavy (non-hydrogen) atoms. The third-order valence-corrected chi connectivity index (χ3v) is 5.06. The molecule has 4 aromatic carbocycles. The third-order valence-electron chi connectivity index (χ3n) is 5.06. The van der Waals surface area contributed by atoms with E-state index in [4.69, 9.17) is 4.74 Å². The molecule has 144 valence electrons. The summed E-state index contributed by atoms with van der Waals surface area (Å²) in [7, 11) is 0. The highest BCUT2D eigenvalue weighted by Crippen LogP contribution is 2.24. The Morgan fingerprint density at radius 1 is 0.483 bits per heavy atom. The van der Waals surface area contributed by atoms with Gasteiger partial charge in [-0.1, -0.05) is 83.9 Å². The zero-order valence-electron chi connectivity index (χ0n) is 17.1. The lowest BCUT2D eigenvalue weighted by atomic mass is 10.0. The van der Waals surface area contributed by atoms with Gasteiger partial charge >= 0.3 is 0 Å². The van der Waals surface area contributed by atoms with Crippen molar-refractivity contribution in [1.29, 1.82) is 0 Å². The van der Waals surface area contributed by atoms with Crippen molar-refractivity contribution in [3.8, 4) is 11.5 Å². The molecule has 0 spiro atoms. The normalized spacial score (nSPS) is 10.7. The molecule has 0 saturated heterocycles. The Morgan fingerprint density at radius 2 is 0.897 bits per heavy atom. The lowest BCUT2D eigenvalue weighted by Gasteiger charge is -2.09. The van der Waals surface area contributed by atoms with E-state index in [2.05, 4.69) is 86.6 Å². The van der Waals surface area contributed by atoms with E-state index in [0.717, 1.165) is 24.3 Å². The SMILES string of the molecule is Cc1cccc(Cc2ccc(Oc3ccc(Cc4cccc(C)c4)cc3)cc2)c1. The van der Waals surface area contributed by atoms with Gasteiger partial charge in [-0.2, -0.15) is 0 Å². The van der Waals surface area contributed by atoms with Gasteiger partial charge in [0.05, 0.1) is 0 Å². The minimum atomic E-state index is 0.865. The first-order chi connectivity index (χ1) is 14.1. The second-order valence-electron chi connectivity index (χ2n) is 7.72. The van der Waals surface area contributed by atoms with Crippen LogP contribution in [0.2, 0.25) is 0 Å². The summed E-state index contributed by atoms with van der Waals surface area (Å²) < 4.78 is 6.03. The van der Waals surface area contributed by atoms with Gasteiger partial charge in [0.25, 0.3) is 0 Å². The molecule has 1 heteroatoms. The summed E-state index contributed by atoms with van der Waals surface area (Å²) in [6.07, 6.45) is 1.88. The molecule has 0 heterocycles. The lowest BCUT2D eigenvalue weighted by Crippen LogP contribution is -1.91. The highest BCUT2D eigenvalue weighted by molar-refractivity contribution is 5.37. The Hall–Kier alpha value is -3.32. The third kappa shape index (κ3) is 5.36. The minimum absolute atomic E-state index is 0.865. The van der Waals surface area contributed by atoms with E-state index >= 15 is 0 Å². The van der Waals surface area contributed by atoms with Gasteiger partial charge in [-0.25, -0.2) is 0 Å². The first-order valence-electron chi connectivity index (χ1n) is 10.1. The molecule has 0 bridgehead atoms. The van der Waals surface area contributed by atoms with E-state index in [9.17, 15) is 0 Å². The van der Waals surface area contributed by atoms with Crippen LogP contribution in [0.4, 0.5) is 0 Å². The topological polar surface area (TPSA) is 9.23 Å². The summed E-state index contributed by atoms with van der Waals surface area (Å²) in [5.74, 6) is 1.73. The maximum absolute atomic E-state index is 6.03. The fraction of sp³-hybridized carbons (Fsp3) is 0.143. The molecule has 0 radical (unpaired) electrons. The van der Waals surface area contributed by atoms with Gasteiger partial charge in [0.1, 0.15) is 11.5 Å². The summed E-state index contributed by atoms with van der Waals surface area (Å²) in [6.45, 7) is 4.26. The van der Waals surface area contributed by atoms with Crippen molar-refractivity contribution in [2.75, 3.05) is 0 Å². The molecule has 4 aromatic rings. The molecule has 0 aliphatic carbocycles. The van der Waals surface area contributed by atoms with Crippen molar-refractivity contribution in [3.63, 3.8) is 0 Å². The van der Waals surface area contributed by atoms with E-state index in [1.807, 2.05) is 24.3 Å². The van der Waals surface area contributed by atoms with E-state index in [1.54, 1.807) is 0 Å². The van der Waals surface area contributed by atoms with Crippen LogP contribution in [0, 0.1) is 13.8 Å². The van der Waals surface area contributed by atoms with E-state index in [-0.39, 0.29) is 0 Å². The van der Waals surface area contributed by atoms with Gasteiger partial charge in [-0.3, -0.25) is 0 Å². The molecule has 0 N–H and O–H groups in total. The average Bonchev–Trinajstić information content (AvgIpc) is 2.71. The molecule has 0 saturated carbocycles. The van der Waals surface area contributed by atoms with Crippen molar-refractivity contribution in [2.24, 2.45) is 0 Å². The first kappa shape index (κ1) is 19.0. The molecule has 0 aromatic heterocycles. The van der Waals surface area contributed by atoms with Crippen LogP contribution in [0.3, 0.4) is 0 Å². The molecule has 4 rings (SSSR count). The molecule has 0 atom stereocenters. The number of benzene rings is 4. The van der Waals surface area contributed by atoms with Crippen LogP contribution in [0.15, 0.2) is 97.1 Å². The van der Waals surface area contributed by atoms with E-state index in [1.165, 1.54) is 33.4 Å². The fourth-order valence-electron chi connectivity index (χ4n) is 3.60. The Labute approximate surface area is 173 Å². The molecule has 0 amide bonds. The zero-order valence-corrected chi connectivity index (χ0v) is 17.1. The first-order valence-corrected chi connectivity index (χ1v) is 10.1. The average molecular weight is 379 g/mol. The van der Waals surface area contributed by atoms with Crippen molar-refractivity contribution < 1.29 is 4.74 Å². The second-order valence-corrected chi connectivity index (χ2v) is 7.72. The van der Waals surface area contributed by atoms with Gasteiger partial charge in [-0.15, -0.1) is 0 Å². The zero-order chi connectivity index (χ0) is 20.1. The monoisotopic (exact) mass is 378 g/mol. The molecule has 0 fully saturated rings. The second kappa shape index (κ2) is 8.79. The van der Waals surface area contributed by atoms with Crippen LogP contribution < -0.4 is 4.74 Å². The van der Waals surface area contributed by atoms with Gasteiger partial charge in [0.2, 0.25) is 0 Å². The molecule has 1 nitrogen and oxygen atoms in total. The Kier molecular flexibility index (Phi) is 5.76. The number of ether oxygens (including phenoxy) is 1. The number of hydrogen-bond donors (Lipinski definition) is 0. The van der Waals surface area contributed by atoms with Crippen LogP contribution in [-0.2, 0) is 12.8 Å². The van der Waals surface area contributed by atoms with E-state index in [0.29, 0.717) is 0 Å². The van der Waals surface area contributed by atoms with Gasteiger partial charge < -0.3 is 4.74 Å². The van der Waals surface area contributed by atoms with E-state index < -0.39 is 0 Å². The quantitative estimate of drug-likeness (QED) is 0.342. The lowest BCUT2D eigenvalue weighted by molar-refractivity contribution is 0.482. The highest BCUT2D eigenvalue weighted by atomic mass is 16.5. The largest absolute Gasteiger partial charge is 0.457 e. The molecule has 0 aliphatic rings. The van der Waals surface area contributed by atoms with Gasteiger partial charge in [0, 0.05) is 0 Å². The van der Waals surface area contributed by atoms with Crippen molar-refractivity contribution in [1.82, 2.24) is 0 Å². The summed E-state index contributed by atoms with van der Waals surface area (Å²) in [4.78, 5) is 0. The number of rotatable bonds is 6. The van der Waals surface area contributed by atoms with Crippen LogP contribution in [-0.4, -0.2) is 0 Å². The van der Waals surface area contributed by atoms with Gasteiger partial charge in [-0.05, 0) is 73.2 Å². The van der Waals surface area contributed by atoms with Crippen molar-refractivity contribution in [2.45, 2.75) is 26.7 Å². The summed E-state index contributed by atoms with van der Waals surface area (Å²) >= 11 is 0. The predicted molar refractivity (Wildman–Crippen MR) is 121 cm³/mol. The van der Waals surface area contributed by atoms with Crippen LogP contribution >= 0.6 is 0 Å². The molecule has 0 unspecified atom stereocenters. The minimum Gasteiger partial charge on any atom is -0.457 e. The van der Waals surface area contributed by atoms with Crippen LogP contribution in [0.25, 0.3) is 0 Å². The Bertz CT molecular complexity index is 987. The predicted octanol–water partition coefficient (Wildman–Crippen LogP) is 7.28. The summed E-state index contributed by atoms with van der Waals surface area (Å²) in [5, 5.41) is 0. The van der Waals surface area contributed by atoms with Crippen LogP contribution in [0.1, 0.15) is 33.4 Å². The summed E-state index contributed by atoms with van der Waals surface area (Å²) in [5.41, 5.74) is 7.85. The number of aryl methyl sites for hydroxylation is 2. The molecular formula is C28H26O. The maximum Gasteiger partial charge on any atom is 0.127 e. The standard InChI is InChI=1S/C28H26O/c1-21-5-3-7-25(17-21)19-23-9-13-27(14-10-23)29-28-15-11-24(12-16-28)20-26-8-4-6-22(2)18-26/h3-18H,19-20H2,1-2H3. The Morgan fingerprint density at radius 3 is 1.28 bits per heavy atom. The van der Waals surface area contributed by atoms with Crippen LogP contribution in [0.5, 0.6) is 11.5 Å². The maximum atomic E-state index is 6.03. The molecule has 0 aliphatic heterocycles.